The number of nitrogens with two attached hydrogens (primary N) is 2. The number of anilines is 2. The van der Waals surface area contributed by atoms with Gasteiger partial charge in [-0.15, -0.1) is 10.2 Å². The topological polar surface area (TPSA) is 133 Å². The Bertz CT molecular complexity index is 629. The number of aromatic nitrogens is 3. The molecule has 0 radical (unpaired) electrons. The van der Waals surface area contributed by atoms with Gasteiger partial charge in [-0.05, 0) is 31.2 Å². The number of nitrogens with zero attached hydrogens (tertiary/aromatic N) is 3. The Morgan fingerprint density at radius 1 is 1.36 bits per heavy atom. The zero-order chi connectivity index (χ0) is 15.9. The van der Waals surface area contributed by atoms with Crippen molar-refractivity contribution >= 4 is 29.3 Å². The number of hydrazine groups is 1. The molecule has 1 aromatic heterocycles. The van der Waals surface area contributed by atoms with Gasteiger partial charge in [0.2, 0.25) is 11.1 Å². The summed E-state index contributed by atoms with van der Waals surface area (Å²) in [5, 5.41) is 10.7. The first-order valence-electron chi connectivity index (χ1n) is 6.46. The van der Waals surface area contributed by atoms with E-state index in [2.05, 4.69) is 20.9 Å². The fourth-order valence-corrected chi connectivity index (χ4v) is 2.26. The number of carbonyl (C=O) groups excluding carboxylic acids is 1. The van der Waals surface area contributed by atoms with Gasteiger partial charge in [-0.1, -0.05) is 11.8 Å². The van der Waals surface area contributed by atoms with Gasteiger partial charge in [0, 0.05) is 5.69 Å². The van der Waals surface area contributed by atoms with Crippen LogP contribution >= 0.6 is 11.8 Å². The number of hydrogen-bond acceptors (Lipinski definition) is 8. The highest BCUT2D eigenvalue weighted by atomic mass is 32.2. The molecule has 1 amide bonds. The van der Waals surface area contributed by atoms with E-state index >= 15 is 0 Å². The summed E-state index contributed by atoms with van der Waals surface area (Å²) in [5.74, 6) is 11.8. The second kappa shape index (κ2) is 7.52. The lowest BCUT2D eigenvalue weighted by molar-refractivity contribution is -0.113. The molecule has 0 unspecified atom stereocenters. The Morgan fingerprint density at radius 2 is 2.09 bits per heavy atom. The maximum atomic E-state index is 11.9. The predicted octanol–water partition coefficient (Wildman–Crippen LogP) is 0.407. The Kier molecular flexibility index (Phi) is 5.44. The van der Waals surface area contributed by atoms with Gasteiger partial charge in [-0.25, -0.2) is 10.5 Å². The maximum absolute atomic E-state index is 11.9. The van der Waals surface area contributed by atoms with E-state index < -0.39 is 0 Å². The lowest BCUT2D eigenvalue weighted by atomic mass is 10.3. The first-order valence-corrected chi connectivity index (χ1v) is 7.45. The third kappa shape index (κ3) is 4.02. The Balaban J connectivity index is 1.86. The van der Waals surface area contributed by atoms with E-state index in [-0.39, 0.29) is 17.6 Å². The smallest absolute Gasteiger partial charge is 0.258 e. The predicted molar refractivity (Wildman–Crippen MR) is 84.9 cm³/mol. The van der Waals surface area contributed by atoms with Crippen LogP contribution in [0.25, 0.3) is 0 Å². The van der Waals surface area contributed by atoms with E-state index in [1.807, 2.05) is 6.92 Å². The summed E-state index contributed by atoms with van der Waals surface area (Å²) in [6.45, 7) is 2.51. The molecule has 2 rings (SSSR count). The van der Waals surface area contributed by atoms with Crippen LogP contribution in [-0.2, 0) is 4.79 Å². The van der Waals surface area contributed by atoms with Crippen molar-refractivity contribution in [2.45, 2.75) is 12.1 Å². The maximum Gasteiger partial charge on any atom is 0.258 e. The van der Waals surface area contributed by atoms with Crippen LogP contribution in [0.2, 0.25) is 0 Å². The molecular weight excluding hydrogens is 306 g/mol. The van der Waals surface area contributed by atoms with E-state index in [9.17, 15) is 4.79 Å². The second-order valence-electron chi connectivity index (χ2n) is 4.11. The molecule has 0 spiro atoms. The van der Waals surface area contributed by atoms with Gasteiger partial charge in [-0.2, -0.15) is 0 Å². The number of rotatable bonds is 7. The van der Waals surface area contributed by atoms with Gasteiger partial charge in [0.1, 0.15) is 5.75 Å². The molecular formula is C12H17N7O2S. The average molecular weight is 323 g/mol. The van der Waals surface area contributed by atoms with Crippen LogP contribution in [0, 0.1) is 0 Å². The molecule has 118 valence electrons. The van der Waals surface area contributed by atoms with Crippen LogP contribution < -0.4 is 27.2 Å². The van der Waals surface area contributed by atoms with Crippen LogP contribution in [0.15, 0.2) is 29.4 Å². The summed E-state index contributed by atoms with van der Waals surface area (Å²) >= 11 is 1.15. The average Bonchev–Trinajstić information content (AvgIpc) is 2.88. The Labute approximate surface area is 131 Å². The number of benzene rings is 1. The van der Waals surface area contributed by atoms with Crippen molar-refractivity contribution in [3.05, 3.63) is 24.3 Å². The first-order chi connectivity index (χ1) is 10.6. The van der Waals surface area contributed by atoms with Gasteiger partial charge in [0.25, 0.3) is 5.95 Å². The van der Waals surface area contributed by atoms with Crippen molar-refractivity contribution in [3.8, 4) is 5.75 Å². The van der Waals surface area contributed by atoms with E-state index in [1.165, 1.54) is 4.68 Å². The third-order valence-corrected chi connectivity index (χ3v) is 3.52. The summed E-state index contributed by atoms with van der Waals surface area (Å²) in [4.78, 5) is 11.9. The molecule has 6 N–H and O–H groups in total. The number of ether oxygens (including phenoxy) is 1. The molecule has 0 aliphatic carbocycles. The molecule has 9 nitrogen and oxygen atoms in total. The summed E-state index contributed by atoms with van der Waals surface area (Å²) in [6, 6.07) is 7.13. The number of nitrogen functional groups attached to an aromatic ring is 2. The monoisotopic (exact) mass is 323 g/mol. The molecule has 0 aliphatic heterocycles. The molecule has 2 aromatic rings. The molecule has 22 heavy (non-hydrogen) atoms. The zero-order valence-electron chi connectivity index (χ0n) is 11.9. The largest absolute Gasteiger partial charge is 0.494 e. The first kappa shape index (κ1) is 15.9. The minimum absolute atomic E-state index is 0.146. The fraction of sp³-hybridized carbons (Fsp3) is 0.250. The molecule has 1 heterocycles. The number of hydrogen-bond donors (Lipinski definition) is 4. The number of nitrogens with one attached hydrogen (secondary N) is 2. The van der Waals surface area contributed by atoms with Crippen molar-refractivity contribution in [2.75, 3.05) is 28.9 Å². The normalized spacial score (nSPS) is 10.3. The highest BCUT2D eigenvalue weighted by Crippen LogP contribution is 2.18. The molecule has 0 saturated carbocycles. The van der Waals surface area contributed by atoms with Crippen molar-refractivity contribution in [1.82, 2.24) is 14.9 Å². The zero-order valence-corrected chi connectivity index (χ0v) is 12.8. The molecule has 0 bridgehead atoms. The van der Waals surface area contributed by atoms with Gasteiger partial charge >= 0.3 is 0 Å². The van der Waals surface area contributed by atoms with E-state index in [4.69, 9.17) is 16.4 Å². The molecule has 0 saturated heterocycles. The Morgan fingerprint density at radius 3 is 2.68 bits per heavy atom. The molecule has 1 aromatic carbocycles. The summed E-state index contributed by atoms with van der Waals surface area (Å²) < 4.78 is 6.51. The van der Waals surface area contributed by atoms with E-state index in [0.717, 1.165) is 17.5 Å². The number of amides is 1. The van der Waals surface area contributed by atoms with Gasteiger partial charge in [-0.3, -0.25) is 10.2 Å². The highest BCUT2D eigenvalue weighted by Gasteiger charge is 2.11. The fourth-order valence-electron chi connectivity index (χ4n) is 1.60. The van der Waals surface area contributed by atoms with E-state index in [0.29, 0.717) is 17.5 Å². The van der Waals surface area contributed by atoms with Crippen LogP contribution in [0.3, 0.4) is 0 Å². The lowest BCUT2D eigenvalue weighted by Gasteiger charge is -2.07. The van der Waals surface area contributed by atoms with Crippen LogP contribution in [0.5, 0.6) is 5.75 Å². The summed E-state index contributed by atoms with van der Waals surface area (Å²) in [6.07, 6.45) is 0. The minimum Gasteiger partial charge on any atom is -0.494 e. The van der Waals surface area contributed by atoms with Crippen LogP contribution in [0.4, 0.5) is 11.6 Å². The quantitative estimate of drug-likeness (QED) is 0.327. The summed E-state index contributed by atoms with van der Waals surface area (Å²) in [5.41, 5.74) is 2.98. The van der Waals surface area contributed by atoms with Crippen molar-refractivity contribution in [2.24, 2.45) is 5.84 Å². The highest BCUT2D eigenvalue weighted by molar-refractivity contribution is 7.99. The SMILES string of the molecule is CCOc1ccc(NC(=O)CSc2nnc(NN)n2N)cc1. The Hall–Kier alpha value is -2.46. The van der Waals surface area contributed by atoms with Gasteiger partial charge in [0.15, 0.2) is 0 Å². The third-order valence-electron chi connectivity index (χ3n) is 2.58. The number of carbonyl (C=O) groups is 1. The van der Waals surface area contributed by atoms with Crippen LogP contribution in [0.1, 0.15) is 6.92 Å². The van der Waals surface area contributed by atoms with Crippen molar-refractivity contribution in [1.29, 1.82) is 0 Å². The lowest BCUT2D eigenvalue weighted by Crippen LogP contribution is -2.19. The van der Waals surface area contributed by atoms with Gasteiger partial charge < -0.3 is 15.9 Å². The van der Waals surface area contributed by atoms with Crippen molar-refractivity contribution in [3.63, 3.8) is 0 Å². The molecule has 0 fully saturated rings. The molecule has 0 aliphatic rings. The van der Waals surface area contributed by atoms with Gasteiger partial charge in [0.05, 0.1) is 12.4 Å². The van der Waals surface area contributed by atoms with E-state index in [1.54, 1.807) is 24.3 Å². The molecule has 0 atom stereocenters. The van der Waals surface area contributed by atoms with Crippen LogP contribution in [-0.4, -0.2) is 33.1 Å². The summed E-state index contributed by atoms with van der Waals surface area (Å²) in [7, 11) is 0. The van der Waals surface area contributed by atoms with Crippen molar-refractivity contribution < 1.29 is 9.53 Å². The molecule has 10 heteroatoms. The standard InChI is InChI=1S/C12H17N7O2S/c1-2-21-9-5-3-8(4-6-9)15-10(20)7-22-12-18-17-11(16-13)19(12)14/h3-6H,2,7,13-14H2,1H3,(H,15,20)(H,16,17). The minimum atomic E-state index is -0.181. The number of thioether (sulfide) groups is 1. The second-order valence-corrected chi connectivity index (χ2v) is 5.06.